The van der Waals surface area contributed by atoms with Crippen LogP contribution < -0.4 is 9.64 Å². The van der Waals surface area contributed by atoms with E-state index in [0.717, 1.165) is 54.1 Å². The molecule has 0 N–H and O–H groups in total. The molecule has 3 rings (SSSR count). The molecule has 0 heterocycles. The van der Waals surface area contributed by atoms with E-state index in [1.165, 1.54) is 25.7 Å². The van der Waals surface area contributed by atoms with Crippen LogP contribution in [0.15, 0.2) is 66.7 Å². The molecule has 0 saturated heterocycles. The molecule has 0 aliphatic rings. The largest absolute Gasteiger partial charge is 0.493 e. The lowest BCUT2D eigenvalue weighted by atomic mass is 10.1. The minimum Gasteiger partial charge on any atom is -0.493 e. The topological polar surface area (TPSA) is 63.7 Å². The number of carbonyl (C=O) groups is 3. The van der Waals surface area contributed by atoms with Crippen LogP contribution in [0.2, 0.25) is 0 Å². The van der Waals surface area contributed by atoms with Crippen LogP contribution in [0.4, 0.5) is 17.1 Å². The first-order valence-corrected chi connectivity index (χ1v) is 13.0. The Morgan fingerprint density at radius 1 is 0.629 bits per heavy atom. The fraction of sp³-hybridized carbons (Fsp3) is 0.276. The normalized spacial score (nSPS) is 10.5. The van der Waals surface area contributed by atoms with Crippen molar-refractivity contribution in [3.8, 4) is 5.75 Å². The van der Waals surface area contributed by atoms with Crippen LogP contribution >= 0.6 is 15.9 Å². The number of nitrogens with zero attached hydrogens (tertiary/aromatic N) is 1. The molecular formula is C29H30BrNO4. The van der Waals surface area contributed by atoms with Crippen molar-refractivity contribution in [1.29, 1.82) is 0 Å². The lowest BCUT2D eigenvalue weighted by Crippen LogP contribution is -2.11. The summed E-state index contributed by atoms with van der Waals surface area (Å²) in [5.41, 5.74) is 4.14. The highest BCUT2D eigenvalue weighted by Gasteiger charge is 2.15. The molecule has 0 saturated carbocycles. The van der Waals surface area contributed by atoms with Gasteiger partial charge in [-0.15, -0.1) is 0 Å². The summed E-state index contributed by atoms with van der Waals surface area (Å²) < 4.78 is 6.03. The average molecular weight is 536 g/mol. The van der Waals surface area contributed by atoms with E-state index in [-0.39, 0.29) is 0 Å². The molecule has 0 unspecified atom stereocenters. The minimum absolute atomic E-state index is 0.499. The molecule has 0 aliphatic heterocycles. The van der Waals surface area contributed by atoms with Gasteiger partial charge in [-0.05, 0) is 73.5 Å². The van der Waals surface area contributed by atoms with E-state index in [9.17, 15) is 14.4 Å². The van der Waals surface area contributed by atoms with E-state index in [2.05, 4.69) is 15.9 Å². The van der Waals surface area contributed by atoms with Crippen LogP contribution in [0.1, 0.15) is 69.6 Å². The number of hydrogen-bond donors (Lipinski definition) is 0. The molecule has 0 spiro atoms. The summed E-state index contributed by atoms with van der Waals surface area (Å²) in [6.45, 7) is 0.546. The number of benzene rings is 3. The van der Waals surface area contributed by atoms with Gasteiger partial charge in [0, 0.05) is 39.6 Å². The van der Waals surface area contributed by atoms with Crippen molar-refractivity contribution in [3.63, 3.8) is 0 Å². The molecule has 0 fully saturated rings. The van der Waals surface area contributed by atoms with E-state index in [1.807, 2.05) is 41.3 Å². The lowest BCUT2D eigenvalue weighted by molar-refractivity contribution is 0.111. The molecule has 3 aromatic rings. The Bertz CT molecular complexity index is 1050. The number of anilines is 3. The van der Waals surface area contributed by atoms with Crippen molar-refractivity contribution in [3.05, 3.63) is 83.4 Å². The molecule has 0 aliphatic carbocycles. The summed E-state index contributed by atoms with van der Waals surface area (Å²) in [6.07, 6.45) is 9.29. The Morgan fingerprint density at radius 2 is 1.14 bits per heavy atom. The first kappa shape index (κ1) is 26.4. The molecule has 5 nitrogen and oxygen atoms in total. The van der Waals surface area contributed by atoms with Gasteiger partial charge in [-0.2, -0.15) is 0 Å². The molecular weight excluding hydrogens is 506 g/mol. The van der Waals surface area contributed by atoms with Crippen LogP contribution in [0, 0.1) is 0 Å². The van der Waals surface area contributed by atoms with Crippen molar-refractivity contribution in [2.75, 3.05) is 16.8 Å². The van der Waals surface area contributed by atoms with Crippen LogP contribution in [0.5, 0.6) is 5.75 Å². The molecule has 6 heteroatoms. The molecule has 0 atom stereocenters. The number of hydrogen-bond acceptors (Lipinski definition) is 5. The maximum atomic E-state index is 11.7. The standard InChI is InChI=1S/C29H30BrNO4/c30-17-5-3-1-2-4-6-18-35-29-19-28(16-11-25(29)22-34)31(26-12-7-23(20-32)8-13-26)27-14-9-24(21-33)10-15-27/h7-16,19-22H,1-6,17-18H2. The number of aldehydes is 3. The Labute approximate surface area is 215 Å². The van der Waals surface area contributed by atoms with Gasteiger partial charge in [0.05, 0.1) is 12.2 Å². The molecule has 35 heavy (non-hydrogen) atoms. The Hall–Kier alpha value is -3.25. The zero-order valence-electron chi connectivity index (χ0n) is 19.7. The van der Waals surface area contributed by atoms with Gasteiger partial charge < -0.3 is 9.64 Å². The van der Waals surface area contributed by atoms with Gasteiger partial charge in [0.1, 0.15) is 18.3 Å². The summed E-state index contributed by atoms with van der Waals surface area (Å²) >= 11 is 3.46. The van der Waals surface area contributed by atoms with Gasteiger partial charge >= 0.3 is 0 Å². The van der Waals surface area contributed by atoms with E-state index in [0.29, 0.717) is 29.0 Å². The predicted molar refractivity (Wildman–Crippen MR) is 144 cm³/mol. The highest BCUT2D eigenvalue weighted by atomic mass is 79.9. The van der Waals surface area contributed by atoms with Gasteiger partial charge in [-0.1, -0.05) is 41.6 Å². The zero-order chi connectivity index (χ0) is 24.9. The molecule has 0 aromatic heterocycles. The zero-order valence-corrected chi connectivity index (χ0v) is 21.3. The van der Waals surface area contributed by atoms with Crippen LogP contribution in [0.25, 0.3) is 0 Å². The highest BCUT2D eigenvalue weighted by Crippen LogP contribution is 2.37. The number of carbonyl (C=O) groups excluding carboxylic acids is 3. The van der Waals surface area contributed by atoms with Crippen molar-refractivity contribution < 1.29 is 19.1 Å². The summed E-state index contributed by atoms with van der Waals surface area (Å²) in [7, 11) is 0. The molecule has 0 radical (unpaired) electrons. The van der Waals surface area contributed by atoms with E-state index in [4.69, 9.17) is 4.74 Å². The predicted octanol–water partition coefficient (Wildman–Crippen LogP) is 7.71. The number of rotatable bonds is 15. The first-order valence-electron chi connectivity index (χ1n) is 11.9. The summed E-state index contributed by atoms with van der Waals surface area (Å²) in [6, 6.07) is 19.9. The number of ether oxygens (including phenoxy) is 1. The second-order valence-electron chi connectivity index (χ2n) is 8.25. The number of halogens is 1. The number of alkyl halides is 1. The second-order valence-corrected chi connectivity index (χ2v) is 9.05. The lowest BCUT2D eigenvalue weighted by Gasteiger charge is -2.26. The smallest absolute Gasteiger partial charge is 0.153 e. The second kappa shape index (κ2) is 14.2. The van der Waals surface area contributed by atoms with Gasteiger partial charge in [-0.25, -0.2) is 0 Å². The van der Waals surface area contributed by atoms with Crippen LogP contribution in [-0.2, 0) is 0 Å². The maximum absolute atomic E-state index is 11.7. The molecule has 0 bridgehead atoms. The monoisotopic (exact) mass is 535 g/mol. The molecule has 3 aromatic carbocycles. The van der Waals surface area contributed by atoms with Crippen molar-refractivity contribution in [2.45, 2.75) is 38.5 Å². The first-order chi connectivity index (χ1) is 17.2. The minimum atomic E-state index is 0.499. The summed E-state index contributed by atoms with van der Waals surface area (Å²) in [5.74, 6) is 0.538. The summed E-state index contributed by atoms with van der Waals surface area (Å²) in [5, 5.41) is 1.06. The number of unbranched alkanes of at least 4 members (excludes halogenated alkanes) is 5. The van der Waals surface area contributed by atoms with Gasteiger partial charge in [-0.3, -0.25) is 14.4 Å². The van der Waals surface area contributed by atoms with Crippen molar-refractivity contribution in [2.24, 2.45) is 0 Å². The molecule has 0 amide bonds. The van der Waals surface area contributed by atoms with E-state index < -0.39 is 0 Å². The Kier molecular flexibility index (Phi) is 10.7. The molecule has 182 valence electrons. The summed E-state index contributed by atoms with van der Waals surface area (Å²) in [4.78, 5) is 35.9. The maximum Gasteiger partial charge on any atom is 0.153 e. The Morgan fingerprint density at radius 3 is 1.66 bits per heavy atom. The van der Waals surface area contributed by atoms with E-state index >= 15 is 0 Å². The highest BCUT2D eigenvalue weighted by molar-refractivity contribution is 9.09. The fourth-order valence-electron chi connectivity index (χ4n) is 3.82. The Balaban J connectivity index is 1.83. The van der Waals surface area contributed by atoms with Crippen LogP contribution in [0.3, 0.4) is 0 Å². The third-order valence-corrected chi connectivity index (χ3v) is 6.30. The van der Waals surface area contributed by atoms with Crippen LogP contribution in [-0.4, -0.2) is 30.8 Å². The SMILES string of the molecule is O=Cc1ccc(N(c2ccc(C=O)cc2)c2ccc(C=O)c(OCCCCCCCCBr)c2)cc1. The van der Waals surface area contributed by atoms with Crippen molar-refractivity contribution >= 4 is 51.9 Å². The third-order valence-electron chi connectivity index (χ3n) is 5.74. The van der Waals surface area contributed by atoms with Gasteiger partial charge in [0.15, 0.2) is 6.29 Å². The van der Waals surface area contributed by atoms with Gasteiger partial charge in [0.2, 0.25) is 0 Å². The third kappa shape index (κ3) is 7.62. The fourth-order valence-corrected chi connectivity index (χ4v) is 4.22. The van der Waals surface area contributed by atoms with Crippen molar-refractivity contribution in [1.82, 2.24) is 0 Å². The quantitative estimate of drug-likeness (QED) is 0.113. The van der Waals surface area contributed by atoms with E-state index in [1.54, 1.807) is 30.3 Å². The average Bonchev–Trinajstić information content (AvgIpc) is 2.91. The van der Waals surface area contributed by atoms with Gasteiger partial charge in [0.25, 0.3) is 0 Å².